The summed E-state index contributed by atoms with van der Waals surface area (Å²) in [5.41, 5.74) is 7.39. The zero-order chi connectivity index (χ0) is 20.6. The first-order chi connectivity index (χ1) is 14.1. The van der Waals surface area contributed by atoms with Gasteiger partial charge in [0.15, 0.2) is 11.5 Å². The van der Waals surface area contributed by atoms with Crippen molar-refractivity contribution in [1.29, 1.82) is 0 Å². The van der Waals surface area contributed by atoms with Crippen LogP contribution < -0.4 is 15.2 Å². The largest absolute Gasteiger partial charge is 0.493 e. The molecule has 150 valence electrons. The van der Waals surface area contributed by atoms with Crippen LogP contribution in [0.25, 0.3) is 0 Å². The van der Waals surface area contributed by atoms with E-state index in [-0.39, 0.29) is 6.61 Å². The first-order valence-electron chi connectivity index (χ1n) is 8.98. The third-order valence-electron chi connectivity index (χ3n) is 4.15. The molecule has 1 aromatic heterocycles. The summed E-state index contributed by atoms with van der Waals surface area (Å²) >= 11 is 8.14. The number of hydrogen-bond acceptors (Lipinski definition) is 5. The first-order valence-corrected chi connectivity index (χ1v) is 10.2. The lowest BCUT2D eigenvalue weighted by atomic mass is 10.1. The van der Waals surface area contributed by atoms with Crippen LogP contribution in [0.1, 0.15) is 26.4 Å². The van der Waals surface area contributed by atoms with Crippen molar-refractivity contribution >= 4 is 35.1 Å². The van der Waals surface area contributed by atoms with E-state index in [1.165, 1.54) is 4.88 Å². The molecule has 0 spiro atoms. The van der Waals surface area contributed by atoms with Crippen LogP contribution in [0.3, 0.4) is 0 Å². The number of methoxy groups -OCH3 is 1. The zero-order valence-electron chi connectivity index (χ0n) is 15.9. The number of aliphatic imine (C=N–C) groups is 1. The summed E-state index contributed by atoms with van der Waals surface area (Å²) in [6, 6.07) is 14.7. The number of nitrogens with two attached hydrogens (primary N) is 1. The minimum Gasteiger partial charge on any atom is -0.493 e. The number of carbonyl (C=O) groups excluding carboxylic acids is 1. The van der Waals surface area contributed by atoms with E-state index in [0.29, 0.717) is 28.6 Å². The van der Waals surface area contributed by atoms with Gasteiger partial charge in [0.05, 0.1) is 12.1 Å². The fourth-order valence-corrected chi connectivity index (χ4v) is 3.70. The minimum atomic E-state index is -0.481. The van der Waals surface area contributed by atoms with E-state index < -0.39 is 5.91 Å². The molecule has 5 nitrogen and oxygen atoms in total. The number of rotatable bonds is 9. The van der Waals surface area contributed by atoms with Gasteiger partial charge in [-0.25, -0.2) is 0 Å². The Bertz CT molecular complexity index is 1000. The Labute approximate surface area is 178 Å². The Morgan fingerprint density at radius 3 is 2.83 bits per heavy atom. The number of halogens is 1. The van der Waals surface area contributed by atoms with Gasteiger partial charge in [-0.05, 0) is 46.8 Å². The second-order valence-electron chi connectivity index (χ2n) is 6.25. The van der Waals surface area contributed by atoms with E-state index in [4.69, 9.17) is 26.8 Å². The van der Waals surface area contributed by atoms with Gasteiger partial charge in [-0.2, -0.15) is 0 Å². The summed E-state index contributed by atoms with van der Waals surface area (Å²) in [7, 11) is 1.56. The number of thiophene rings is 1. The molecule has 3 aromatic rings. The first kappa shape index (κ1) is 20.9. The summed E-state index contributed by atoms with van der Waals surface area (Å²) < 4.78 is 11.3. The number of amides is 1. The maximum Gasteiger partial charge on any atom is 0.248 e. The Hall–Kier alpha value is -2.83. The normalized spacial score (nSPS) is 11.0. The Balaban J connectivity index is 1.67. The number of hydrogen-bond donors (Lipinski definition) is 1. The standard InChI is InChI=1S/C22H21ClN2O3S/c1-27-20-12-16(13-25-8-7-18-6-3-9-29-18)11-19(23)21(20)28-14-15-4-2-5-17(10-15)22(24)26/h2-6,9-13H,7-8,14H2,1H3,(H2,24,26)/b25-13+. The van der Waals surface area contributed by atoms with Crippen LogP contribution in [0.15, 0.2) is 58.9 Å². The van der Waals surface area contributed by atoms with Crippen LogP contribution in [-0.2, 0) is 13.0 Å². The fourth-order valence-electron chi connectivity index (χ4n) is 2.72. The number of carbonyl (C=O) groups is 1. The molecule has 0 saturated carbocycles. The molecule has 0 atom stereocenters. The summed E-state index contributed by atoms with van der Waals surface area (Å²) in [5, 5.41) is 2.49. The van der Waals surface area contributed by atoms with Gasteiger partial charge in [-0.3, -0.25) is 9.79 Å². The molecule has 1 heterocycles. The highest BCUT2D eigenvalue weighted by Gasteiger charge is 2.12. The molecule has 0 unspecified atom stereocenters. The molecule has 0 aliphatic heterocycles. The molecule has 7 heteroatoms. The Morgan fingerprint density at radius 2 is 2.10 bits per heavy atom. The van der Waals surface area contributed by atoms with Gasteiger partial charge in [-0.15, -0.1) is 11.3 Å². The van der Waals surface area contributed by atoms with Gasteiger partial charge < -0.3 is 15.2 Å². The van der Waals surface area contributed by atoms with E-state index >= 15 is 0 Å². The molecule has 2 N–H and O–H groups in total. The topological polar surface area (TPSA) is 73.9 Å². The maximum atomic E-state index is 11.3. The van der Waals surface area contributed by atoms with E-state index in [9.17, 15) is 4.79 Å². The van der Waals surface area contributed by atoms with E-state index in [1.54, 1.807) is 48.9 Å². The third kappa shape index (κ3) is 5.82. The summed E-state index contributed by atoms with van der Waals surface area (Å²) in [5.74, 6) is 0.475. The fraction of sp³-hybridized carbons (Fsp3) is 0.182. The van der Waals surface area contributed by atoms with Gasteiger partial charge in [0.2, 0.25) is 5.91 Å². The smallest absolute Gasteiger partial charge is 0.248 e. The second kappa shape index (κ2) is 10.1. The van der Waals surface area contributed by atoms with Gasteiger partial charge in [-0.1, -0.05) is 29.8 Å². The van der Waals surface area contributed by atoms with E-state index in [0.717, 1.165) is 17.5 Å². The van der Waals surface area contributed by atoms with Crippen molar-refractivity contribution in [2.24, 2.45) is 10.7 Å². The van der Waals surface area contributed by atoms with Gasteiger partial charge >= 0.3 is 0 Å². The summed E-state index contributed by atoms with van der Waals surface area (Å²) in [6.45, 7) is 0.931. The highest BCUT2D eigenvalue weighted by atomic mass is 35.5. The van der Waals surface area contributed by atoms with Crippen LogP contribution in [0, 0.1) is 0 Å². The average Bonchev–Trinajstić information content (AvgIpc) is 3.23. The predicted molar refractivity (Wildman–Crippen MR) is 118 cm³/mol. The van der Waals surface area contributed by atoms with Crippen LogP contribution in [0.5, 0.6) is 11.5 Å². The second-order valence-corrected chi connectivity index (χ2v) is 7.69. The van der Waals surface area contributed by atoms with Gasteiger partial charge in [0.25, 0.3) is 0 Å². The molecule has 2 aromatic carbocycles. The lowest BCUT2D eigenvalue weighted by Crippen LogP contribution is -2.11. The molecule has 0 radical (unpaired) electrons. The number of nitrogens with zero attached hydrogens (tertiary/aromatic N) is 1. The SMILES string of the molecule is COc1cc(/C=N/CCc2cccs2)cc(Cl)c1OCc1cccc(C(N)=O)c1. The molecule has 0 fully saturated rings. The highest BCUT2D eigenvalue weighted by Crippen LogP contribution is 2.36. The van der Waals surface area contributed by atoms with Crippen LogP contribution >= 0.6 is 22.9 Å². The monoisotopic (exact) mass is 428 g/mol. The lowest BCUT2D eigenvalue weighted by molar-refractivity contribution is 0.1000. The van der Waals surface area contributed by atoms with Crippen molar-refractivity contribution in [1.82, 2.24) is 0 Å². The van der Waals surface area contributed by atoms with Crippen molar-refractivity contribution in [3.05, 3.63) is 80.5 Å². The lowest BCUT2D eigenvalue weighted by Gasteiger charge is -2.13. The molecule has 0 aliphatic rings. The van der Waals surface area contributed by atoms with Crippen molar-refractivity contribution in [3.63, 3.8) is 0 Å². The van der Waals surface area contributed by atoms with Crippen LogP contribution in [0.4, 0.5) is 0 Å². The number of primary amides is 1. The number of ether oxygens (including phenoxy) is 2. The molecule has 3 rings (SSSR count). The molecule has 0 aliphatic carbocycles. The van der Waals surface area contributed by atoms with Crippen molar-refractivity contribution < 1.29 is 14.3 Å². The summed E-state index contributed by atoms with van der Waals surface area (Å²) in [4.78, 5) is 17.1. The van der Waals surface area contributed by atoms with Crippen molar-refractivity contribution in [3.8, 4) is 11.5 Å². The quantitative estimate of drug-likeness (QED) is 0.500. The van der Waals surface area contributed by atoms with Crippen molar-refractivity contribution in [2.75, 3.05) is 13.7 Å². The van der Waals surface area contributed by atoms with Crippen molar-refractivity contribution in [2.45, 2.75) is 13.0 Å². The van der Waals surface area contributed by atoms with E-state index in [1.807, 2.05) is 18.2 Å². The predicted octanol–water partition coefficient (Wildman–Crippen LogP) is 4.75. The highest BCUT2D eigenvalue weighted by molar-refractivity contribution is 7.09. The average molecular weight is 429 g/mol. The Kier molecular flexibility index (Phi) is 7.27. The molecule has 0 bridgehead atoms. The third-order valence-corrected chi connectivity index (χ3v) is 5.37. The summed E-state index contributed by atoms with van der Waals surface area (Å²) in [6.07, 6.45) is 2.69. The van der Waals surface area contributed by atoms with Crippen LogP contribution in [0.2, 0.25) is 5.02 Å². The number of benzene rings is 2. The molecule has 0 saturated heterocycles. The maximum absolute atomic E-state index is 11.3. The zero-order valence-corrected chi connectivity index (χ0v) is 17.5. The Morgan fingerprint density at radius 1 is 1.24 bits per heavy atom. The van der Waals surface area contributed by atoms with Gasteiger partial charge in [0.1, 0.15) is 6.61 Å². The molecule has 29 heavy (non-hydrogen) atoms. The minimum absolute atomic E-state index is 0.228. The molecular formula is C22H21ClN2O3S. The van der Waals surface area contributed by atoms with E-state index in [2.05, 4.69) is 16.4 Å². The molecular weight excluding hydrogens is 408 g/mol. The van der Waals surface area contributed by atoms with Crippen LogP contribution in [-0.4, -0.2) is 25.8 Å². The molecule has 1 amide bonds. The van der Waals surface area contributed by atoms with Gasteiger partial charge in [0, 0.05) is 29.6 Å².